The highest BCUT2D eigenvalue weighted by Crippen LogP contribution is 2.26. The SMILES string of the molecule is CC=CC=CC(=O)Nc1ccc(C(=O)N(C)C)cc1OCC. The van der Waals surface area contributed by atoms with Gasteiger partial charge in [-0.1, -0.05) is 18.2 Å². The molecule has 1 aromatic carbocycles. The van der Waals surface area contributed by atoms with Crippen LogP contribution >= 0.6 is 0 Å². The Labute approximate surface area is 131 Å². The van der Waals surface area contributed by atoms with Gasteiger partial charge in [0.2, 0.25) is 5.91 Å². The number of allylic oxidation sites excluding steroid dienone is 3. The number of carbonyl (C=O) groups is 2. The molecule has 0 aliphatic heterocycles. The van der Waals surface area contributed by atoms with Gasteiger partial charge in [-0.15, -0.1) is 0 Å². The number of rotatable bonds is 6. The van der Waals surface area contributed by atoms with E-state index in [2.05, 4.69) is 5.32 Å². The van der Waals surface area contributed by atoms with Crippen LogP contribution in [0.5, 0.6) is 5.75 Å². The summed E-state index contributed by atoms with van der Waals surface area (Å²) < 4.78 is 5.51. The standard InChI is InChI=1S/C17H22N2O3/c1-5-7-8-9-16(20)18-14-11-10-13(17(21)19(3)4)12-15(14)22-6-2/h5,7-12H,6H2,1-4H3,(H,18,20). The Morgan fingerprint density at radius 3 is 2.59 bits per heavy atom. The van der Waals surface area contributed by atoms with E-state index in [-0.39, 0.29) is 11.8 Å². The van der Waals surface area contributed by atoms with E-state index < -0.39 is 0 Å². The molecule has 0 aliphatic rings. The summed E-state index contributed by atoms with van der Waals surface area (Å²) in [5, 5.41) is 2.74. The van der Waals surface area contributed by atoms with Crippen molar-refractivity contribution in [2.75, 3.05) is 26.0 Å². The summed E-state index contributed by atoms with van der Waals surface area (Å²) in [6, 6.07) is 4.97. The zero-order valence-corrected chi connectivity index (χ0v) is 13.4. The highest BCUT2D eigenvalue weighted by atomic mass is 16.5. The monoisotopic (exact) mass is 302 g/mol. The molecule has 0 heterocycles. The van der Waals surface area contributed by atoms with Crippen molar-refractivity contribution in [1.82, 2.24) is 4.90 Å². The van der Waals surface area contributed by atoms with Gasteiger partial charge in [-0.25, -0.2) is 0 Å². The van der Waals surface area contributed by atoms with E-state index in [0.717, 1.165) is 0 Å². The average Bonchev–Trinajstić information content (AvgIpc) is 2.48. The van der Waals surface area contributed by atoms with Gasteiger partial charge in [0.1, 0.15) is 5.75 Å². The van der Waals surface area contributed by atoms with Crippen LogP contribution in [-0.4, -0.2) is 37.4 Å². The van der Waals surface area contributed by atoms with E-state index in [4.69, 9.17) is 4.74 Å². The molecule has 0 aromatic heterocycles. The van der Waals surface area contributed by atoms with Crippen LogP contribution in [0.15, 0.2) is 42.5 Å². The smallest absolute Gasteiger partial charge is 0.253 e. The fourth-order valence-electron chi connectivity index (χ4n) is 1.72. The van der Waals surface area contributed by atoms with Crippen molar-refractivity contribution in [2.45, 2.75) is 13.8 Å². The highest BCUT2D eigenvalue weighted by Gasteiger charge is 2.13. The highest BCUT2D eigenvalue weighted by molar-refractivity contribution is 6.01. The summed E-state index contributed by atoms with van der Waals surface area (Å²) in [4.78, 5) is 25.3. The quantitative estimate of drug-likeness (QED) is 0.649. The number of carbonyl (C=O) groups excluding carboxylic acids is 2. The Kier molecular flexibility index (Phi) is 6.89. The predicted octanol–water partition coefficient (Wildman–Crippen LogP) is 2.86. The average molecular weight is 302 g/mol. The van der Waals surface area contributed by atoms with Gasteiger partial charge in [0.25, 0.3) is 5.91 Å². The van der Waals surface area contributed by atoms with Crippen LogP contribution in [0.3, 0.4) is 0 Å². The fourth-order valence-corrected chi connectivity index (χ4v) is 1.72. The van der Waals surface area contributed by atoms with Crippen LogP contribution in [0.1, 0.15) is 24.2 Å². The number of anilines is 1. The second kappa shape index (κ2) is 8.67. The molecule has 2 amide bonds. The van der Waals surface area contributed by atoms with Crippen LogP contribution in [0.2, 0.25) is 0 Å². The lowest BCUT2D eigenvalue weighted by Crippen LogP contribution is -2.21. The molecule has 0 saturated carbocycles. The van der Waals surface area contributed by atoms with Gasteiger partial charge < -0.3 is 15.0 Å². The minimum Gasteiger partial charge on any atom is -0.492 e. The van der Waals surface area contributed by atoms with Crippen LogP contribution in [0, 0.1) is 0 Å². The lowest BCUT2D eigenvalue weighted by molar-refractivity contribution is -0.111. The van der Waals surface area contributed by atoms with Crippen molar-refractivity contribution in [3.8, 4) is 5.75 Å². The molecule has 0 radical (unpaired) electrons. The van der Waals surface area contributed by atoms with E-state index in [9.17, 15) is 9.59 Å². The predicted molar refractivity (Wildman–Crippen MR) is 88.2 cm³/mol. The van der Waals surface area contributed by atoms with Crippen molar-refractivity contribution in [3.05, 3.63) is 48.1 Å². The minimum atomic E-state index is -0.259. The molecule has 22 heavy (non-hydrogen) atoms. The third-order valence-electron chi connectivity index (χ3n) is 2.74. The molecule has 0 spiro atoms. The first kappa shape index (κ1) is 17.5. The van der Waals surface area contributed by atoms with E-state index in [1.165, 1.54) is 11.0 Å². The Balaban J connectivity index is 2.99. The van der Waals surface area contributed by atoms with E-state index in [1.54, 1.807) is 44.4 Å². The minimum absolute atomic E-state index is 0.119. The van der Waals surface area contributed by atoms with Gasteiger partial charge in [-0.05, 0) is 32.0 Å². The van der Waals surface area contributed by atoms with Crippen molar-refractivity contribution in [3.63, 3.8) is 0 Å². The number of ether oxygens (including phenoxy) is 1. The number of hydrogen-bond donors (Lipinski definition) is 1. The van der Waals surface area contributed by atoms with Crippen molar-refractivity contribution in [2.24, 2.45) is 0 Å². The normalized spacial score (nSPS) is 10.9. The Bertz CT molecular complexity index is 590. The van der Waals surface area contributed by atoms with Crippen LogP contribution < -0.4 is 10.1 Å². The van der Waals surface area contributed by atoms with Gasteiger partial charge >= 0.3 is 0 Å². The first-order valence-electron chi connectivity index (χ1n) is 7.08. The summed E-state index contributed by atoms with van der Waals surface area (Å²) in [6.07, 6.45) is 6.67. The summed E-state index contributed by atoms with van der Waals surface area (Å²) in [6.45, 7) is 4.16. The van der Waals surface area contributed by atoms with Gasteiger partial charge in [-0.2, -0.15) is 0 Å². The number of hydrogen-bond acceptors (Lipinski definition) is 3. The third-order valence-corrected chi connectivity index (χ3v) is 2.74. The number of nitrogens with one attached hydrogen (secondary N) is 1. The maximum absolute atomic E-state index is 12.0. The molecule has 5 nitrogen and oxygen atoms in total. The molecule has 0 saturated heterocycles. The molecule has 1 N–H and O–H groups in total. The summed E-state index contributed by atoms with van der Waals surface area (Å²) >= 11 is 0. The largest absolute Gasteiger partial charge is 0.492 e. The Morgan fingerprint density at radius 1 is 1.27 bits per heavy atom. The molecule has 0 bridgehead atoms. The zero-order valence-electron chi connectivity index (χ0n) is 13.4. The van der Waals surface area contributed by atoms with E-state index >= 15 is 0 Å². The second-order valence-electron chi connectivity index (χ2n) is 4.72. The third kappa shape index (κ3) is 5.09. The summed E-state index contributed by atoms with van der Waals surface area (Å²) in [7, 11) is 3.37. The number of nitrogens with zero attached hydrogens (tertiary/aromatic N) is 1. The molecule has 0 unspecified atom stereocenters. The molecule has 5 heteroatoms. The summed E-state index contributed by atoms with van der Waals surface area (Å²) in [5.74, 6) is 0.0977. The van der Waals surface area contributed by atoms with Crippen LogP contribution in [0.25, 0.3) is 0 Å². The number of amides is 2. The van der Waals surface area contributed by atoms with Gasteiger partial charge in [-0.3, -0.25) is 9.59 Å². The zero-order chi connectivity index (χ0) is 16.5. The van der Waals surface area contributed by atoms with Crippen molar-refractivity contribution >= 4 is 17.5 Å². The number of benzene rings is 1. The topological polar surface area (TPSA) is 58.6 Å². The lowest BCUT2D eigenvalue weighted by atomic mass is 10.1. The van der Waals surface area contributed by atoms with E-state index in [1.807, 2.05) is 19.9 Å². The van der Waals surface area contributed by atoms with Gasteiger partial charge in [0.15, 0.2) is 0 Å². The first-order valence-corrected chi connectivity index (χ1v) is 7.08. The Morgan fingerprint density at radius 2 is 2.00 bits per heavy atom. The maximum atomic E-state index is 12.0. The Hall–Kier alpha value is -2.56. The molecule has 1 aromatic rings. The molecule has 0 aliphatic carbocycles. The van der Waals surface area contributed by atoms with E-state index in [0.29, 0.717) is 23.6 Å². The fraction of sp³-hybridized carbons (Fsp3) is 0.294. The lowest BCUT2D eigenvalue weighted by Gasteiger charge is -2.14. The molecule has 1 rings (SSSR count). The van der Waals surface area contributed by atoms with Crippen molar-refractivity contribution in [1.29, 1.82) is 0 Å². The molecular weight excluding hydrogens is 280 g/mol. The molecular formula is C17H22N2O3. The second-order valence-corrected chi connectivity index (χ2v) is 4.72. The van der Waals surface area contributed by atoms with Crippen LogP contribution in [0.4, 0.5) is 5.69 Å². The van der Waals surface area contributed by atoms with Crippen molar-refractivity contribution < 1.29 is 14.3 Å². The van der Waals surface area contributed by atoms with Crippen LogP contribution in [-0.2, 0) is 4.79 Å². The van der Waals surface area contributed by atoms with Gasteiger partial charge in [0, 0.05) is 25.7 Å². The maximum Gasteiger partial charge on any atom is 0.253 e. The van der Waals surface area contributed by atoms with Gasteiger partial charge in [0.05, 0.1) is 12.3 Å². The molecule has 0 atom stereocenters. The molecule has 0 fully saturated rings. The summed E-state index contributed by atoms with van der Waals surface area (Å²) in [5.41, 5.74) is 1.04. The first-order chi connectivity index (χ1) is 10.5. The molecule has 118 valence electrons.